The second-order valence-corrected chi connectivity index (χ2v) is 4.58. The van der Waals surface area contributed by atoms with E-state index in [4.69, 9.17) is 37.9 Å². The predicted octanol–water partition coefficient (Wildman–Crippen LogP) is -2.79. The molecular weight excluding hydrogens is 324 g/mol. The monoisotopic (exact) mass is 352 g/mol. The molecule has 14 N–H and O–H groups in total. The van der Waals surface area contributed by atoms with E-state index >= 15 is 0 Å². The van der Waals surface area contributed by atoms with Crippen molar-refractivity contribution in [3.8, 4) is 0 Å². The largest absolute Gasteiger partial charge is 0.480 e. The second-order valence-electron chi connectivity index (χ2n) is 4.58. The molecule has 12 heteroatoms. The number of carbonyl (C=O) groups excluding carboxylic acids is 2. The SMILES string of the molecule is NC(=O)CC[C@H](N)C(=O)O.NC(N)=O.NCCCC[C@H](N)C(=O)O. The fourth-order valence-corrected chi connectivity index (χ4v) is 1.05. The highest BCUT2D eigenvalue weighted by Crippen LogP contribution is 1.97. The van der Waals surface area contributed by atoms with Gasteiger partial charge < -0.3 is 44.6 Å². The van der Waals surface area contributed by atoms with Gasteiger partial charge in [-0.15, -0.1) is 0 Å². The first kappa shape index (κ1) is 26.5. The van der Waals surface area contributed by atoms with Crippen molar-refractivity contribution >= 4 is 23.9 Å². The number of primary amides is 3. The number of hydrogen-bond acceptors (Lipinski definition) is 7. The molecule has 0 unspecified atom stereocenters. The number of hydrogen-bond donors (Lipinski definition) is 8. The van der Waals surface area contributed by atoms with Crippen LogP contribution in [0.1, 0.15) is 32.1 Å². The summed E-state index contributed by atoms with van der Waals surface area (Å²) in [5.41, 5.74) is 28.7. The highest BCUT2D eigenvalue weighted by Gasteiger charge is 2.11. The van der Waals surface area contributed by atoms with Crippen molar-refractivity contribution in [1.82, 2.24) is 0 Å². The van der Waals surface area contributed by atoms with E-state index in [2.05, 4.69) is 11.5 Å². The van der Waals surface area contributed by atoms with Crippen LogP contribution in [0.2, 0.25) is 0 Å². The minimum atomic E-state index is -1.11. The van der Waals surface area contributed by atoms with Crippen LogP contribution in [0.4, 0.5) is 4.79 Å². The van der Waals surface area contributed by atoms with E-state index in [0.29, 0.717) is 13.0 Å². The molecule has 0 spiro atoms. The fraction of sp³-hybridized carbons (Fsp3) is 0.667. The van der Waals surface area contributed by atoms with Crippen molar-refractivity contribution in [1.29, 1.82) is 0 Å². The number of unbranched alkanes of at least 4 members (excludes halogenated alkanes) is 1. The van der Waals surface area contributed by atoms with Crippen LogP contribution in [0, 0.1) is 0 Å². The molecule has 2 atom stereocenters. The van der Waals surface area contributed by atoms with Crippen LogP contribution < -0.4 is 34.4 Å². The molecule has 0 rings (SSSR count). The summed E-state index contributed by atoms with van der Waals surface area (Å²) in [6.07, 6.45) is 2.29. The van der Waals surface area contributed by atoms with Crippen LogP contribution in [0.25, 0.3) is 0 Å². The summed E-state index contributed by atoms with van der Waals surface area (Å²) in [5, 5.41) is 16.5. The summed E-state index contributed by atoms with van der Waals surface area (Å²) in [6.45, 7) is 0.604. The third-order valence-corrected chi connectivity index (χ3v) is 2.31. The number of urea groups is 1. The topological polar surface area (TPSA) is 265 Å². The molecule has 0 bridgehead atoms. The average molecular weight is 352 g/mol. The molecule has 0 fully saturated rings. The maximum Gasteiger partial charge on any atom is 0.320 e. The summed E-state index contributed by atoms with van der Waals surface area (Å²) in [4.78, 5) is 39.3. The number of aliphatic carboxylic acids is 2. The Labute approximate surface area is 139 Å². The Hall–Kier alpha value is -2.44. The predicted molar refractivity (Wildman–Crippen MR) is 86.3 cm³/mol. The quantitative estimate of drug-likeness (QED) is 0.199. The zero-order valence-corrected chi connectivity index (χ0v) is 13.4. The molecular formula is C12H28N6O6. The summed E-state index contributed by atoms with van der Waals surface area (Å²) in [7, 11) is 0. The van der Waals surface area contributed by atoms with Gasteiger partial charge in [-0.3, -0.25) is 14.4 Å². The van der Waals surface area contributed by atoms with Crippen molar-refractivity contribution in [2.24, 2.45) is 34.4 Å². The molecule has 0 aromatic rings. The molecule has 24 heavy (non-hydrogen) atoms. The van der Waals surface area contributed by atoms with Crippen molar-refractivity contribution < 1.29 is 29.4 Å². The van der Waals surface area contributed by atoms with E-state index in [-0.39, 0.29) is 12.8 Å². The Morgan fingerprint density at radius 3 is 1.46 bits per heavy atom. The van der Waals surface area contributed by atoms with Crippen molar-refractivity contribution in [2.45, 2.75) is 44.2 Å². The Morgan fingerprint density at radius 1 is 0.792 bits per heavy atom. The molecule has 3 amide bonds. The molecule has 0 aliphatic rings. The first-order valence-corrected chi connectivity index (χ1v) is 6.95. The number of nitrogens with two attached hydrogens (primary N) is 6. The highest BCUT2D eigenvalue weighted by molar-refractivity contribution is 5.77. The van der Waals surface area contributed by atoms with Gasteiger partial charge in [0.15, 0.2) is 0 Å². The van der Waals surface area contributed by atoms with Gasteiger partial charge in [0.25, 0.3) is 0 Å². The smallest absolute Gasteiger partial charge is 0.320 e. The van der Waals surface area contributed by atoms with E-state index in [1.54, 1.807) is 0 Å². The van der Waals surface area contributed by atoms with Gasteiger partial charge in [-0.1, -0.05) is 6.42 Å². The zero-order valence-electron chi connectivity index (χ0n) is 13.4. The number of rotatable bonds is 9. The minimum Gasteiger partial charge on any atom is -0.480 e. The lowest BCUT2D eigenvalue weighted by Gasteiger charge is -2.03. The summed E-state index contributed by atoms with van der Waals surface area (Å²) in [5.74, 6) is -2.57. The average Bonchev–Trinajstić information content (AvgIpc) is 2.44. The minimum absolute atomic E-state index is 0.0213. The summed E-state index contributed by atoms with van der Waals surface area (Å²) in [6, 6.07) is -2.53. The maximum atomic E-state index is 10.1. The third kappa shape index (κ3) is 27.8. The number of carboxylic acid groups (broad SMARTS) is 2. The van der Waals surface area contributed by atoms with E-state index < -0.39 is 36.0 Å². The second kappa shape index (κ2) is 16.9. The highest BCUT2D eigenvalue weighted by atomic mass is 16.4. The molecule has 0 heterocycles. The molecule has 0 aliphatic carbocycles. The molecule has 0 aromatic carbocycles. The van der Waals surface area contributed by atoms with E-state index in [0.717, 1.165) is 12.8 Å². The van der Waals surface area contributed by atoms with Crippen LogP contribution in [-0.4, -0.2) is 52.7 Å². The Bertz CT molecular complexity index is 388. The zero-order chi connectivity index (χ0) is 19.7. The Kier molecular flexibility index (Phi) is 18.7. The van der Waals surface area contributed by atoms with Gasteiger partial charge >= 0.3 is 18.0 Å². The van der Waals surface area contributed by atoms with Gasteiger partial charge in [0.1, 0.15) is 12.1 Å². The van der Waals surface area contributed by atoms with Crippen molar-refractivity contribution in [3.63, 3.8) is 0 Å². The van der Waals surface area contributed by atoms with Gasteiger partial charge in [-0.05, 0) is 25.8 Å². The summed E-state index contributed by atoms with van der Waals surface area (Å²) < 4.78 is 0. The molecule has 0 aromatic heterocycles. The van der Waals surface area contributed by atoms with Crippen LogP contribution in [0.3, 0.4) is 0 Å². The lowest BCUT2D eigenvalue weighted by Crippen LogP contribution is -2.31. The van der Waals surface area contributed by atoms with Crippen LogP contribution in [-0.2, 0) is 14.4 Å². The van der Waals surface area contributed by atoms with Crippen LogP contribution in [0.15, 0.2) is 0 Å². The van der Waals surface area contributed by atoms with Crippen molar-refractivity contribution in [2.75, 3.05) is 6.54 Å². The van der Waals surface area contributed by atoms with Crippen LogP contribution >= 0.6 is 0 Å². The molecule has 0 aliphatic heterocycles. The fourth-order valence-electron chi connectivity index (χ4n) is 1.05. The Morgan fingerprint density at radius 2 is 1.17 bits per heavy atom. The first-order chi connectivity index (χ1) is 10.9. The van der Waals surface area contributed by atoms with Gasteiger partial charge in [0, 0.05) is 6.42 Å². The van der Waals surface area contributed by atoms with Gasteiger partial charge in [-0.25, -0.2) is 4.79 Å². The number of carbonyl (C=O) groups is 4. The normalized spacial score (nSPS) is 11.6. The molecule has 0 radical (unpaired) electrons. The van der Waals surface area contributed by atoms with Gasteiger partial charge in [-0.2, -0.15) is 0 Å². The number of amides is 3. The van der Waals surface area contributed by atoms with Gasteiger partial charge in [0.05, 0.1) is 0 Å². The third-order valence-electron chi connectivity index (χ3n) is 2.31. The van der Waals surface area contributed by atoms with Gasteiger partial charge in [0.2, 0.25) is 5.91 Å². The standard InChI is InChI=1S/C6H14N2O2.C5H10N2O3.CH4N2O/c7-4-2-1-3-5(8)6(9)10;6-3(5(9)10)1-2-4(7)8;2-1(3)4/h5H,1-4,7-8H2,(H,9,10);3H,1-2,6H2,(H2,7,8)(H,9,10);(H4,2,3,4)/t5-;3-;/m00./s1. The number of carboxylic acids is 2. The van der Waals surface area contributed by atoms with Crippen LogP contribution in [0.5, 0.6) is 0 Å². The van der Waals surface area contributed by atoms with Crippen molar-refractivity contribution in [3.05, 3.63) is 0 Å². The summed E-state index contributed by atoms with van der Waals surface area (Å²) >= 11 is 0. The molecule has 142 valence electrons. The lowest BCUT2D eigenvalue weighted by atomic mass is 10.1. The van der Waals surface area contributed by atoms with E-state index in [9.17, 15) is 14.4 Å². The first-order valence-electron chi connectivity index (χ1n) is 6.95. The van der Waals surface area contributed by atoms with E-state index in [1.165, 1.54) is 0 Å². The maximum absolute atomic E-state index is 10.1. The molecule has 0 saturated heterocycles. The Balaban J connectivity index is -0.000000301. The molecule has 12 nitrogen and oxygen atoms in total. The lowest BCUT2D eigenvalue weighted by molar-refractivity contribution is -0.139. The van der Waals surface area contributed by atoms with E-state index in [1.807, 2.05) is 0 Å². The molecule has 0 saturated carbocycles.